The molecule has 1 aromatic heterocycles. The number of benzene rings is 3. The lowest BCUT2D eigenvalue weighted by atomic mass is 10.0. The molecule has 0 saturated carbocycles. The molecule has 0 unspecified atom stereocenters. The molecule has 0 atom stereocenters. The summed E-state index contributed by atoms with van der Waals surface area (Å²) in [6, 6.07) is 22.6. The quantitative estimate of drug-likeness (QED) is 0.399. The predicted octanol–water partition coefficient (Wildman–Crippen LogP) is 6.34. The Morgan fingerprint density at radius 3 is 2.30 bits per heavy atom. The first-order chi connectivity index (χ1) is 14.5. The number of aromatic nitrogens is 1. The molecule has 0 fully saturated rings. The summed E-state index contributed by atoms with van der Waals surface area (Å²) in [6.45, 7) is 2.11. The number of fused-ring (bicyclic) bond motifs is 1. The third kappa shape index (κ3) is 4.29. The van der Waals surface area contributed by atoms with Crippen molar-refractivity contribution in [1.82, 2.24) is 4.98 Å². The van der Waals surface area contributed by atoms with E-state index in [0.29, 0.717) is 22.0 Å². The monoisotopic (exact) mass is 415 g/mol. The highest BCUT2D eigenvalue weighted by Crippen LogP contribution is 2.26. The third-order valence-electron chi connectivity index (χ3n) is 4.98. The van der Waals surface area contributed by atoms with Crippen LogP contribution < -0.4 is 11.1 Å². The first-order valence-corrected chi connectivity index (χ1v) is 10.3. The molecule has 0 saturated heterocycles. The van der Waals surface area contributed by atoms with Gasteiger partial charge < -0.3 is 11.1 Å². The van der Waals surface area contributed by atoms with E-state index in [0.717, 1.165) is 40.6 Å². The van der Waals surface area contributed by atoms with Gasteiger partial charge in [-0.25, -0.2) is 0 Å². The number of hydrogen-bond donors (Lipinski definition) is 2. The zero-order valence-corrected chi connectivity index (χ0v) is 17.4. The summed E-state index contributed by atoms with van der Waals surface area (Å²) < 4.78 is 0. The van der Waals surface area contributed by atoms with E-state index in [-0.39, 0.29) is 5.91 Å². The molecule has 0 aliphatic carbocycles. The van der Waals surface area contributed by atoms with Crippen molar-refractivity contribution in [3.05, 3.63) is 89.1 Å². The zero-order valence-electron chi connectivity index (χ0n) is 16.7. The fourth-order valence-corrected chi connectivity index (χ4v) is 3.56. The molecule has 1 amide bonds. The minimum Gasteiger partial charge on any atom is -0.398 e. The van der Waals surface area contributed by atoms with Crippen LogP contribution in [0.3, 0.4) is 0 Å². The van der Waals surface area contributed by atoms with E-state index >= 15 is 0 Å². The lowest BCUT2D eigenvalue weighted by molar-refractivity contribution is 0.102. The van der Waals surface area contributed by atoms with Crippen LogP contribution >= 0.6 is 11.6 Å². The van der Waals surface area contributed by atoms with Gasteiger partial charge in [0.05, 0.1) is 5.52 Å². The van der Waals surface area contributed by atoms with Crippen LogP contribution in [0.2, 0.25) is 5.02 Å². The maximum atomic E-state index is 12.7. The van der Waals surface area contributed by atoms with Crippen molar-refractivity contribution < 1.29 is 4.79 Å². The van der Waals surface area contributed by atoms with Crippen molar-refractivity contribution >= 4 is 39.8 Å². The smallest absolute Gasteiger partial charge is 0.255 e. The van der Waals surface area contributed by atoms with E-state index in [1.165, 1.54) is 0 Å². The van der Waals surface area contributed by atoms with Crippen molar-refractivity contribution in [3.63, 3.8) is 0 Å². The molecule has 0 radical (unpaired) electrons. The first kappa shape index (κ1) is 19.9. The molecule has 4 nitrogen and oxygen atoms in total. The van der Waals surface area contributed by atoms with Gasteiger partial charge in [-0.15, -0.1) is 0 Å². The number of aryl methyl sites for hydroxylation is 1. The Morgan fingerprint density at radius 2 is 1.63 bits per heavy atom. The van der Waals surface area contributed by atoms with E-state index in [1.807, 2.05) is 72.8 Å². The summed E-state index contributed by atoms with van der Waals surface area (Å²) in [4.78, 5) is 17.3. The van der Waals surface area contributed by atoms with E-state index in [1.54, 1.807) is 0 Å². The minimum absolute atomic E-state index is 0.175. The van der Waals surface area contributed by atoms with Crippen LogP contribution in [-0.2, 0) is 6.42 Å². The summed E-state index contributed by atoms with van der Waals surface area (Å²) in [5, 5.41) is 4.48. The molecule has 0 bridgehead atoms. The fourth-order valence-electron chi connectivity index (χ4n) is 3.43. The molecule has 3 aromatic carbocycles. The SMILES string of the molecule is CCCc1cc(N)c2cc(NC(=O)c3ccc(-c4ccc(Cl)cc4)cc3)ccc2n1. The maximum Gasteiger partial charge on any atom is 0.255 e. The average Bonchev–Trinajstić information content (AvgIpc) is 2.75. The second kappa shape index (κ2) is 8.56. The van der Waals surface area contributed by atoms with Gasteiger partial charge in [0.15, 0.2) is 0 Å². The Balaban J connectivity index is 1.53. The molecule has 5 heteroatoms. The summed E-state index contributed by atoms with van der Waals surface area (Å²) in [5.41, 5.74) is 12.1. The van der Waals surface area contributed by atoms with Crippen LogP contribution in [0, 0.1) is 0 Å². The molecule has 1 heterocycles. The number of nitrogens with zero attached hydrogens (tertiary/aromatic N) is 1. The molecule has 0 aliphatic heterocycles. The summed E-state index contributed by atoms with van der Waals surface area (Å²) in [7, 11) is 0. The largest absolute Gasteiger partial charge is 0.398 e. The molecule has 30 heavy (non-hydrogen) atoms. The molecule has 0 spiro atoms. The van der Waals surface area contributed by atoms with Gasteiger partial charge in [-0.3, -0.25) is 9.78 Å². The first-order valence-electron chi connectivity index (χ1n) is 9.90. The number of amides is 1. The maximum absolute atomic E-state index is 12.7. The number of halogens is 1. The number of pyridine rings is 1. The zero-order chi connectivity index (χ0) is 21.1. The van der Waals surface area contributed by atoms with E-state index < -0.39 is 0 Å². The Hall–Kier alpha value is -3.37. The second-order valence-corrected chi connectivity index (χ2v) is 7.66. The van der Waals surface area contributed by atoms with Crippen LogP contribution in [0.15, 0.2) is 72.8 Å². The van der Waals surface area contributed by atoms with Gasteiger partial charge in [-0.05, 0) is 66.1 Å². The van der Waals surface area contributed by atoms with Crippen molar-refractivity contribution in [2.24, 2.45) is 0 Å². The lowest BCUT2D eigenvalue weighted by Crippen LogP contribution is -2.11. The predicted molar refractivity (Wildman–Crippen MR) is 125 cm³/mol. The number of anilines is 2. The molecule has 4 aromatic rings. The number of carbonyl (C=O) groups excluding carboxylic acids is 1. The van der Waals surface area contributed by atoms with Gasteiger partial charge in [0.1, 0.15) is 0 Å². The van der Waals surface area contributed by atoms with E-state index in [4.69, 9.17) is 17.3 Å². The Morgan fingerprint density at radius 1 is 0.967 bits per heavy atom. The van der Waals surface area contributed by atoms with Gasteiger partial charge in [-0.2, -0.15) is 0 Å². The van der Waals surface area contributed by atoms with Crippen molar-refractivity contribution in [2.75, 3.05) is 11.1 Å². The number of nitrogens with one attached hydrogen (secondary N) is 1. The normalized spacial score (nSPS) is 10.9. The highest BCUT2D eigenvalue weighted by atomic mass is 35.5. The highest BCUT2D eigenvalue weighted by molar-refractivity contribution is 6.30. The number of nitrogen functional groups attached to an aromatic ring is 1. The van der Waals surface area contributed by atoms with Crippen LogP contribution in [0.25, 0.3) is 22.0 Å². The van der Waals surface area contributed by atoms with Crippen molar-refractivity contribution in [3.8, 4) is 11.1 Å². The van der Waals surface area contributed by atoms with Gasteiger partial charge in [0.25, 0.3) is 5.91 Å². The summed E-state index contributed by atoms with van der Waals surface area (Å²) >= 11 is 5.95. The number of nitrogens with two attached hydrogens (primary N) is 1. The van der Waals surface area contributed by atoms with Crippen LogP contribution in [0.4, 0.5) is 11.4 Å². The van der Waals surface area contributed by atoms with Crippen molar-refractivity contribution in [2.45, 2.75) is 19.8 Å². The molecule has 4 rings (SSSR count). The van der Waals surface area contributed by atoms with E-state index in [2.05, 4.69) is 17.2 Å². The summed E-state index contributed by atoms with van der Waals surface area (Å²) in [5.74, 6) is -0.175. The Bertz CT molecular complexity index is 1200. The molecular weight excluding hydrogens is 394 g/mol. The van der Waals surface area contributed by atoms with Gasteiger partial charge in [0, 0.05) is 33.0 Å². The molecule has 3 N–H and O–H groups in total. The van der Waals surface area contributed by atoms with E-state index in [9.17, 15) is 4.79 Å². The lowest BCUT2D eigenvalue weighted by Gasteiger charge is -2.10. The summed E-state index contributed by atoms with van der Waals surface area (Å²) in [6.07, 6.45) is 1.91. The fraction of sp³-hybridized carbons (Fsp3) is 0.120. The highest BCUT2D eigenvalue weighted by Gasteiger charge is 2.09. The number of rotatable bonds is 5. The Labute approximate surface area is 180 Å². The van der Waals surface area contributed by atoms with Crippen molar-refractivity contribution in [1.29, 1.82) is 0 Å². The minimum atomic E-state index is -0.175. The second-order valence-electron chi connectivity index (χ2n) is 7.22. The topological polar surface area (TPSA) is 68.0 Å². The van der Waals surface area contributed by atoms with Gasteiger partial charge >= 0.3 is 0 Å². The van der Waals surface area contributed by atoms with Gasteiger partial charge in [-0.1, -0.05) is 49.2 Å². The van der Waals surface area contributed by atoms with Crippen LogP contribution in [0.5, 0.6) is 0 Å². The number of carbonyl (C=O) groups is 1. The van der Waals surface area contributed by atoms with Gasteiger partial charge in [0.2, 0.25) is 0 Å². The Kier molecular flexibility index (Phi) is 5.68. The molecule has 0 aliphatic rings. The number of hydrogen-bond acceptors (Lipinski definition) is 3. The standard InChI is InChI=1S/C25H22ClN3O/c1-2-3-20-15-23(27)22-14-21(12-13-24(22)28-20)29-25(30)18-6-4-16(5-7-18)17-8-10-19(26)11-9-17/h4-15H,2-3H2,1H3,(H2,27,28)(H,29,30). The third-order valence-corrected chi connectivity index (χ3v) is 5.23. The van der Waals surface area contributed by atoms with Crippen LogP contribution in [0.1, 0.15) is 29.4 Å². The molecular formula is C25H22ClN3O. The molecule has 150 valence electrons. The van der Waals surface area contributed by atoms with Crippen LogP contribution in [-0.4, -0.2) is 10.9 Å². The average molecular weight is 416 g/mol.